The molecule has 2 N–H and O–H groups in total. The third kappa shape index (κ3) is 4.75. The molecular formula is C17H23N5O2S. The molecule has 1 fully saturated rings. The maximum absolute atomic E-state index is 12.3. The van der Waals surface area contributed by atoms with Gasteiger partial charge in [0.25, 0.3) is 0 Å². The van der Waals surface area contributed by atoms with E-state index in [2.05, 4.69) is 20.4 Å². The first kappa shape index (κ1) is 17.8. The molecule has 7 nitrogen and oxygen atoms in total. The highest BCUT2D eigenvalue weighted by atomic mass is 32.1. The van der Waals surface area contributed by atoms with Crippen LogP contribution in [0.1, 0.15) is 5.56 Å². The van der Waals surface area contributed by atoms with Gasteiger partial charge in [-0.2, -0.15) is 5.10 Å². The molecule has 1 aliphatic heterocycles. The van der Waals surface area contributed by atoms with Gasteiger partial charge in [0.1, 0.15) is 6.54 Å². The number of aromatic nitrogens is 3. The number of hydrogen-bond acceptors (Lipinski definition) is 5. The molecule has 1 saturated heterocycles. The van der Waals surface area contributed by atoms with Crippen LogP contribution in [-0.4, -0.2) is 65.0 Å². The van der Waals surface area contributed by atoms with Crippen molar-refractivity contribution in [2.75, 3.05) is 39.4 Å². The first-order valence-corrected chi connectivity index (χ1v) is 8.83. The van der Waals surface area contributed by atoms with E-state index in [0.717, 1.165) is 44.0 Å². The third-order valence-electron chi connectivity index (χ3n) is 4.19. The van der Waals surface area contributed by atoms with E-state index < -0.39 is 0 Å². The predicted molar refractivity (Wildman–Crippen MR) is 97.9 cm³/mol. The average Bonchev–Trinajstić information content (AvgIpc) is 2.96. The monoisotopic (exact) mass is 361 g/mol. The minimum atomic E-state index is -0.0698. The quantitative estimate of drug-likeness (QED) is 0.760. The minimum absolute atomic E-state index is 0.0698. The second kappa shape index (κ2) is 8.37. The summed E-state index contributed by atoms with van der Waals surface area (Å²) in [5, 5.41) is 10.0. The highest BCUT2D eigenvalue weighted by Gasteiger charge is 2.13. The summed E-state index contributed by atoms with van der Waals surface area (Å²) >= 11 is 5.28. The molecule has 0 unspecified atom stereocenters. The fraction of sp³-hybridized carbons (Fsp3) is 0.471. The number of hydrogen-bond donors (Lipinski definition) is 2. The summed E-state index contributed by atoms with van der Waals surface area (Å²) in [7, 11) is 0. The van der Waals surface area contributed by atoms with Crippen molar-refractivity contribution in [2.45, 2.75) is 13.5 Å². The van der Waals surface area contributed by atoms with Gasteiger partial charge in [-0.25, -0.2) is 0 Å². The zero-order valence-corrected chi connectivity index (χ0v) is 15.1. The van der Waals surface area contributed by atoms with Crippen LogP contribution in [-0.2, 0) is 16.1 Å². The molecule has 1 aromatic carbocycles. The molecule has 1 aliphatic rings. The zero-order chi connectivity index (χ0) is 17.6. The van der Waals surface area contributed by atoms with E-state index in [4.69, 9.17) is 17.0 Å². The van der Waals surface area contributed by atoms with E-state index in [1.807, 2.05) is 31.2 Å². The van der Waals surface area contributed by atoms with E-state index in [1.54, 1.807) is 4.57 Å². The van der Waals surface area contributed by atoms with Gasteiger partial charge in [0.05, 0.1) is 13.2 Å². The first-order chi connectivity index (χ1) is 12.1. The van der Waals surface area contributed by atoms with Crippen molar-refractivity contribution in [1.29, 1.82) is 0 Å². The van der Waals surface area contributed by atoms with Gasteiger partial charge >= 0.3 is 0 Å². The van der Waals surface area contributed by atoms with Crippen molar-refractivity contribution in [3.8, 4) is 11.4 Å². The maximum atomic E-state index is 12.3. The molecule has 2 aromatic rings. The number of aromatic amines is 1. The molecule has 0 atom stereocenters. The molecule has 3 rings (SSSR count). The van der Waals surface area contributed by atoms with Gasteiger partial charge in [-0.15, -0.1) is 0 Å². The molecule has 0 spiro atoms. The van der Waals surface area contributed by atoms with Gasteiger partial charge in [0.2, 0.25) is 5.91 Å². The second-order valence-corrected chi connectivity index (χ2v) is 6.50. The van der Waals surface area contributed by atoms with Crippen LogP contribution >= 0.6 is 12.2 Å². The van der Waals surface area contributed by atoms with Crippen molar-refractivity contribution < 1.29 is 9.53 Å². The summed E-state index contributed by atoms with van der Waals surface area (Å²) < 4.78 is 7.49. The molecule has 8 heteroatoms. The Hall–Kier alpha value is -2.03. The van der Waals surface area contributed by atoms with E-state index in [0.29, 0.717) is 17.1 Å². The standard InChI is InChI=1S/C17H23N5O2S/c1-13-3-2-4-14(11-13)16-19-20-17(25)22(16)12-15(23)18-5-6-21-7-9-24-10-8-21/h2-4,11H,5-10,12H2,1H3,(H,18,23)(H,20,25). The highest BCUT2D eigenvalue weighted by Crippen LogP contribution is 2.18. The van der Waals surface area contributed by atoms with Crippen LogP contribution in [0.2, 0.25) is 0 Å². The second-order valence-electron chi connectivity index (χ2n) is 6.11. The van der Waals surface area contributed by atoms with Crippen LogP contribution in [0.25, 0.3) is 11.4 Å². The van der Waals surface area contributed by atoms with Gasteiger partial charge in [0, 0.05) is 31.7 Å². The Morgan fingerprint density at radius 2 is 2.20 bits per heavy atom. The number of carbonyl (C=O) groups is 1. The van der Waals surface area contributed by atoms with Crippen molar-refractivity contribution in [2.24, 2.45) is 0 Å². The highest BCUT2D eigenvalue weighted by molar-refractivity contribution is 7.71. The van der Waals surface area contributed by atoms with Crippen molar-refractivity contribution in [3.63, 3.8) is 0 Å². The van der Waals surface area contributed by atoms with Gasteiger partial charge < -0.3 is 10.1 Å². The molecule has 1 amide bonds. The fourth-order valence-corrected chi connectivity index (χ4v) is 3.04. The fourth-order valence-electron chi connectivity index (χ4n) is 2.85. The number of amides is 1. The Bertz CT molecular complexity index is 779. The van der Waals surface area contributed by atoms with Crippen molar-refractivity contribution in [1.82, 2.24) is 25.0 Å². The Morgan fingerprint density at radius 3 is 2.96 bits per heavy atom. The number of ether oxygens (including phenoxy) is 1. The predicted octanol–water partition coefficient (Wildman–Crippen LogP) is 1.36. The molecule has 0 aliphatic carbocycles. The van der Waals surface area contributed by atoms with Crippen LogP contribution in [0.3, 0.4) is 0 Å². The van der Waals surface area contributed by atoms with Crippen molar-refractivity contribution >= 4 is 18.1 Å². The molecular weight excluding hydrogens is 338 g/mol. The zero-order valence-electron chi connectivity index (χ0n) is 14.3. The smallest absolute Gasteiger partial charge is 0.240 e. The molecule has 0 saturated carbocycles. The van der Waals surface area contributed by atoms with Gasteiger partial charge in [-0.3, -0.25) is 19.4 Å². The summed E-state index contributed by atoms with van der Waals surface area (Å²) in [4.78, 5) is 14.6. The molecule has 25 heavy (non-hydrogen) atoms. The largest absolute Gasteiger partial charge is 0.379 e. The third-order valence-corrected chi connectivity index (χ3v) is 4.50. The normalized spacial score (nSPS) is 15.2. The lowest BCUT2D eigenvalue weighted by atomic mass is 10.1. The number of H-pyrrole nitrogens is 1. The number of morpholine rings is 1. The van der Waals surface area contributed by atoms with E-state index in [1.165, 1.54) is 0 Å². The number of aryl methyl sites for hydroxylation is 1. The SMILES string of the molecule is Cc1cccc(-c2n[nH]c(=S)n2CC(=O)NCCN2CCOCC2)c1. The van der Waals surface area contributed by atoms with Crippen LogP contribution in [0, 0.1) is 11.7 Å². The Morgan fingerprint density at radius 1 is 1.40 bits per heavy atom. The average molecular weight is 361 g/mol. The topological polar surface area (TPSA) is 75.2 Å². The van der Waals surface area contributed by atoms with E-state index in [9.17, 15) is 4.79 Å². The molecule has 0 bridgehead atoms. The van der Waals surface area contributed by atoms with E-state index in [-0.39, 0.29) is 12.5 Å². The lowest BCUT2D eigenvalue weighted by Gasteiger charge is -2.26. The van der Waals surface area contributed by atoms with Crippen LogP contribution in [0.4, 0.5) is 0 Å². The molecule has 2 heterocycles. The summed E-state index contributed by atoms with van der Waals surface area (Å²) in [6.45, 7) is 6.98. The Labute approximate surface area is 152 Å². The van der Waals surface area contributed by atoms with Gasteiger partial charge in [-0.1, -0.05) is 23.8 Å². The molecule has 0 radical (unpaired) electrons. The number of nitrogens with one attached hydrogen (secondary N) is 2. The minimum Gasteiger partial charge on any atom is -0.379 e. The first-order valence-electron chi connectivity index (χ1n) is 8.42. The van der Waals surface area contributed by atoms with E-state index >= 15 is 0 Å². The number of benzene rings is 1. The molecule has 1 aromatic heterocycles. The van der Waals surface area contributed by atoms with Crippen LogP contribution in [0.15, 0.2) is 24.3 Å². The lowest BCUT2D eigenvalue weighted by Crippen LogP contribution is -2.41. The van der Waals surface area contributed by atoms with Crippen LogP contribution in [0.5, 0.6) is 0 Å². The summed E-state index contributed by atoms with van der Waals surface area (Å²) in [5.41, 5.74) is 2.07. The van der Waals surface area contributed by atoms with Gasteiger partial charge in [-0.05, 0) is 25.2 Å². The lowest BCUT2D eigenvalue weighted by molar-refractivity contribution is -0.121. The van der Waals surface area contributed by atoms with Crippen molar-refractivity contribution in [3.05, 3.63) is 34.6 Å². The maximum Gasteiger partial charge on any atom is 0.240 e. The number of rotatable bonds is 6. The summed E-state index contributed by atoms with van der Waals surface area (Å²) in [5.74, 6) is 0.608. The Kier molecular flexibility index (Phi) is 5.95. The Balaban J connectivity index is 1.59. The van der Waals surface area contributed by atoms with Crippen LogP contribution < -0.4 is 5.32 Å². The number of nitrogens with zero attached hydrogens (tertiary/aromatic N) is 3. The molecule has 134 valence electrons. The summed E-state index contributed by atoms with van der Waals surface area (Å²) in [6.07, 6.45) is 0. The van der Waals surface area contributed by atoms with Gasteiger partial charge in [0.15, 0.2) is 10.6 Å². The summed E-state index contributed by atoms with van der Waals surface area (Å²) in [6, 6.07) is 7.98. The number of carbonyl (C=O) groups excluding carboxylic acids is 1.